The monoisotopic (exact) mass is 240 g/mol. The molecular weight excluding hydrogens is 224 g/mol. The second kappa shape index (κ2) is 5.62. The minimum Gasteiger partial charge on any atom is -0.379 e. The summed E-state index contributed by atoms with van der Waals surface area (Å²) in [5.74, 6) is 1.14. The average Bonchev–Trinajstić information content (AvgIpc) is 2.90. The van der Waals surface area contributed by atoms with Crippen LogP contribution in [0.25, 0.3) is 0 Å². The molecule has 1 aromatic rings. The van der Waals surface area contributed by atoms with Gasteiger partial charge in [-0.15, -0.1) is 0 Å². The van der Waals surface area contributed by atoms with Gasteiger partial charge in [0.25, 0.3) is 0 Å². The molecule has 1 saturated heterocycles. The fraction of sp³-hybridized carbons (Fsp3) is 0.700. The van der Waals surface area contributed by atoms with Crippen molar-refractivity contribution >= 4 is 6.03 Å². The van der Waals surface area contributed by atoms with Crippen molar-refractivity contribution in [1.29, 1.82) is 0 Å². The predicted octanol–water partition coefficient (Wildman–Crippen LogP) is 0.00862. The first-order valence-corrected chi connectivity index (χ1v) is 5.65. The zero-order valence-corrected chi connectivity index (χ0v) is 9.73. The van der Waals surface area contributed by atoms with Crippen LogP contribution in [0, 0.1) is 6.92 Å². The van der Waals surface area contributed by atoms with Crippen molar-refractivity contribution in [2.24, 2.45) is 0 Å². The van der Waals surface area contributed by atoms with Crippen LogP contribution in [0.15, 0.2) is 4.52 Å². The third kappa shape index (κ3) is 3.70. The highest BCUT2D eigenvalue weighted by atomic mass is 16.5. The zero-order chi connectivity index (χ0) is 12.1. The summed E-state index contributed by atoms with van der Waals surface area (Å²) in [4.78, 5) is 15.5. The molecule has 2 rings (SSSR count). The molecule has 1 fully saturated rings. The van der Waals surface area contributed by atoms with Gasteiger partial charge in [-0.3, -0.25) is 0 Å². The highest BCUT2D eigenvalue weighted by Gasteiger charge is 2.17. The summed E-state index contributed by atoms with van der Waals surface area (Å²) in [7, 11) is 0. The van der Waals surface area contributed by atoms with Gasteiger partial charge in [0.1, 0.15) is 0 Å². The van der Waals surface area contributed by atoms with E-state index in [1.165, 1.54) is 0 Å². The molecule has 1 aliphatic heterocycles. The van der Waals surface area contributed by atoms with Crippen LogP contribution in [0.3, 0.4) is 0 Å². The lowest BCUT2D eigenvalue weighted by Crippen LogP contribution is -2.42. The largest absolute Gasteiger partial charge is 0.379 e. The number of urea groups is 1. The Morgan fingerprint density at radius 2 is 2.47 bits per heavy atom. The molecule has 2 heterocycles. The third-order valence-corrected chi connectivity index (χ3v) is 2.46. The Bertz CT molecular complexity index is 373. The van der Waals surface area contributed by atoms with E-state index in [0.717, 1.165) is 6.42 Å². The van der Waals surface area contributed by atoms with Crippen molar-refractivity contribution in [2.75, 3.05) is 19.8 Å². The quantitative estimate of drug-likeness (QED) is 0.773. The number of aryl methyl sites for hydroxylation is 1. The van der Waals surface area contributed by atoms with Crippen LogP contribution in [0.5, 0.6) is 0 Å². The fourth-order valence-corrected chi connectivity index (χ4v) is 1.61. The third-order valence-electron chi connectivity index (χ3n) is 2.46. The van der Waals surface area contributed by atoms with E-state index < -0.39 is 0 Å². The van der Waals surface area contributed by atoms with Crippen LogP contribution < -0.4 is 10.6 Å². The van der Waals surface area contributed by atoms with Crippen LogP contribution in [-0.2, 0) is 11.2 Å². The summed E-state index contributed by atoms with van der Waals surface area (Å²) in [6.45, 7) is 3.54. The topological polar surface area (TPSA) is 89.3 Å². The maximum atomic E-state index is 11.5. The van der Waals surface area contributed by atoms with Crippen molar-refractivity contribution in [3.8, 4) is 0 Å². The molecule has 0 aliphatic carbocycles. The minimum absolute atomic E-state index is 0.126. The van der Waals surface area contributed by atoms with Crippen LogP contribution in [-0.4, -0.2) is 42.0 Å². The minimum atomic E-state index is -0.184. The number of amides is 2. The molecule has 94 valence electrons. The van der Waals surface area contributed by atoms with Crippen molar-refractivity contribution in [3.05, 3.63) is 11.7 Å². The van der Waals surface area contributed by atoms with Crippen molar-refractivity contribution < 1.29 is 14.1 Å². The molecule has 1 aromatic heterocycles. The fourth-order valence-electron chi connectivity index (χ4n) is 1.61. The Morgan fingerprint density at radius 1 is 1.59 bits per heavy atom. The molecule has 0 bridgehead atoms. The lowest BCUT2D eigenvalue weighted by molar-refractivity contribution is 0.188. The average molecular weight is 240 g/mol. The molecule has 17 heavy (non-hydrogen) atoms. The number of nitrogens with one attached hydrogen (secondary N) is 2. The normalized spacial score (nSPS) is 19.2. The standard InChI is InChI=1S/C10H16N4O3/c1-7-12-9(17-14-7)2-4-11-10(15)13-8-3-5-16-6-8/h8H,2-6H2,1H3,(H2,11,13,15). The lowest BCUT2D eigenvalue weighted by Gasteiger charge is -2.10. The lowest BCUT2D eigenvalue weighted by atomic mass is 10.3. The molecule has 0 aromatic carbocycles. The SMILES string of the molecule is Cc1noc(CCNC(=O)NC2CCOC2)n1. The van der Waals surface area contributed by atoms with E-state index in [0.29, 0.717) is 37.9 Å². The summed E-state index contributed by atoms with van der Waals surface area (Å²) < 4.78 is 10.1. The molecule has 7 nitrogen and oxygen atoms in total. The van der Waals surface area contributed by atoms with Gasteiger partial charge in [0.15, 0.2) is 5.82 Å². The Morgan fingerprint density at radius 3 is 3.12 bits per heavy atom. The van der Waals surface area contributed by atoms with Gasteiger partial charge < -0.3 is 19.9 Å². The molecular formula is C10H16N4O3. The molecule has 0 saturated carbocycles. The van der Waals surface area contributed by atoms with Gasteiger partial charge in [-0.1, -0.05) is 5.16 Å². The Labute approximate surface area is 98.9 Å². The number of hydrogen-bond acceptors (Lipinski definition) is 5. The molecule has 1 unspecified atom stereocenters. The highest BCUT2D eigenvalue weighted by Crippen LogP contribution is 2.02. The zero-order valence-electron chi connectivity index (χ0n) is 9.73. The van der Waals surface area contributed by atoms with Gasteiger partial charge in [0, 0.05) is 19.6 Å². The summed E-state index contributed by atoms with van der Waals surface area (Å²) in [5.41, 5.74) is 0. The van der Waals surface area contributed by atoms with E-state index in [1.807, 2.05) is 0 Å². The highest BCUT2D eigenvalue weighted by molar-refractivity contribution is 5.74. The van der Waals surface area contributed by atoms with E-state index in [2.05, 4.69) is 20.8 Å². The molecule has 2 amide bonds. The van der Waals surface area contributed by atoms with Gasteiger partial charge in [-0.05, 0) is 13.3 Å². The number of aromatic nitrogens is 2. The predicted molar refractivity (Wildman–Crippen MR) is 58.5 cm³/mol. The molecule has 0 radical (unpaired) electrons. The van der Waals surface area contributed by atoms with Gasteiger partial charge in [0.2, 0.25) is 5.89 Å². The van der Waals surface area contributed by atoms with Crippen LogP contribution >= 0.6 is 0 Å². The summed E-state index contributed by atoms with van der Waals surface area (Å²) in [6, 6.07) is -0.0580. The second-order valence-electron chi connectivity index (χ2n) is 3.95. The Hall–Kier alpha value is -1.63. The van der Waals surface area contributed by atoms with Crippen LogP contribution in [0.1, 0.15) is 18.1 Å². The molecule has 0 spiro atoms. The van der Waals surface area contributed by atoms with E-state index in [9.17, 15) is 4.79 Å². The second-order valence-corrected chi connectivity index (χ2v) is 3.95. The van der Waals surface area contributed by atoms with E-state index in [1.54, 1.807) is 6.92 Å². The van der Waals surface area contributed by atoms with E-state index >= 15 is 0 Å². The van der Waals surface area contributed by atoms with Gasteiger partial charge in [-0.25, -0.2) is 4.79 Å². The number of nitrogens with zero attached hydrogens (tertiary/aromatic N) is 2. The molecule has 2 N–H and O–H groups in total. The number of rotatable bonds is 4. The molecule has 1 aliphatic rings. The summed E-state index contributed by atoms with van der Waals surface area (Å²) >= 11 is 0. The van der Waals surface area contributed by atoms with E-state index in [4.69, 9.17) is 9.26 Å². The summed E-state index contributed by atoms with van der Waals surface area (Å²) in [6.07, 6.45) is 1.41. The summed E-state index contributed by atoms with van der Waals surface area (Å²) in [5, 5.41) is 9.23. The maximum absolute atomic E-state index is 11.5. The van der Waals surface area contributed by atoms with Crippen molar-refractivity contribution in [3.63, 3.8) is 0 Å². The van der Waals surface area contributed by atoms with Gasteiger partial charge in [-0.2, -0.15) is 4.98 Å². The number of carbonyl (C=O) groups is 1. The van der Waals surface area contributed by atoms with Crippen LogP contribution in [0.2, 0.25) is 0 Å². The molecule has 1 atom stereocenters. The first-order chi connectivity index (χ1) is 8.24. The van der Waals surface area contributed by atoms with Gasteiger partial charge in [0.05, 0.1) is 12.6 Å². The van der Waals surface area contributed by atoms with Crippen molar-refractivity contribution in [2.45, 2.75) is 25.8 Å². The first kappa shape index (κ1) is 11.8. The maximum Gasteiger partial charge on any atom is 0.315 e. The van der Waals surface area contributed by atoms with Crippen molar-refractivity contribution in [1.82, 2.24) is 20.8 Å². The molecule has 7 heteroatoms. The number of carbonyl (C=O) groups excluding carboxylic acids is 1. The Kier molecular flexibility index (Phi) is 3.92. The number of hydrogen-bond donors (Lipinski definition) is 2. The smallest absolute Gasteiger partial charge is 0.315 e. The van der Waals surface area contributed by atoms with E-state index in [-0.39, 0.29) is 12.1 Å². The Balaban J connectivity index is 1.62. The first-order valence-electron chi connectivity index (χ1n) is 5.65. The number of ether oxygens (including phenoxy) is 1. The van der Waals surface area contributed by atoms with Gasteiger partial charge >= 0.3 is 6.03 Å². The van der Waals surface area contributed by atoms with Crippen LogP contribution in [0.4, 0.5) is 4.79 Å².